The summed E-state index contributed by atoms with van der Waals surface area (Å²) in [7, 11) is 0. The van der Waals surface area contributed by atoms with Gasteiger partial charge in [0, 0.05) is 11.3 Å². The summed E-state index contributed by atoms with van der Waals surface area (Å²) in [6, 6.07) is 17.4. The van der Waals surface area contributed by atoms with Crippen molar-refractivity contribution in [3.8, 4) is 0 Å². The lowest BCUT2D eigenvalue weighted by atomic mass is 10.1. The second-order valence-electron chi connectivity index (χ2n) is 7.37. The van der Waals surface area contributed by atoms with Crippen LogP contribution in [0.15, 0.2) is 71.1 Å². The summed E-state index contributed by atoms with van der Waals surface area (Å²) in [5, 5.41) is 5.18. The van der Waals surface area contributed by atoms with E-state index in [1.54, 1.807) is 30.3 Å². The minimum atomic E-state index is -4.56. The smallest absolute Gasteiger partial charge is 0.325 e. The summed E-state index contributed by atoms with van der Waals surface area (Å²) in [5.74, 6) is -0.881. The van der Waals surface area contributed by atoms with E-state index in [0.717, 1.165) is 28.1 Å². The van der Waals surface area contributed by atoms with E-state index in [2.05, 4.69) is 15.6 Å². The van der Waals surface area contributed by atoms with Crippen LogP contribution in [0.5, 0.6) is 0 Å². The van der Waals surface area contributed by atoms with E-state index in [4.69, 9.17) is 0 Å². The van der Waals surface area contributed by atoms with Gasteiger partial charge in [0.25, 0.3) is 5.91 Å². The van der Waals surface area contributed by atoms with Gasteiger partial charge in [-0.3, -0.25) is 9.59 Å². The number of hydrogen-bond donors (Lipinski definition) is 2. The van der Waals surface area contributed by atoms with Crippen molar-refractivity contribution in [1.82, 2.24) is 4.98 Å². The van der Waals surface area contributed by atoms with Crippen molar-refractivity contribution in [3.63, 3.8) is 0 Å². The molecule has 2 amide bonds. The first kappa shape index (κ1) is 23.8. The molecule has 0 radical (unpaired) electrons. The van der Waals surface area contributed by atoms with E-state index >= 15 is 0 Å². The second-order valence-corrected chi connectivity index (χ2v) is 9.62. The van der Waals surface area contributed by atoms with Crippen LogP contribution in [0.25, 0.3) is 10.2 Å². The van der Waals surface area contributed by atoms with Crippen LogP contribution >= 0.6 is 23.1 Å². The van der Waals surface area contributed by atoms with Crippen molar-refractivity contribution in [1.29, 1.82) is 0 Å². The minimum Gasteiger partial charge on any atom is -0.325 e. The van der Waals surface area contributed by atoms with Crippen molar-refractivity contribution in [2.45, 2.75) is 17.4 Å². The number of carbonyl (C=O) groups excluding carboxylic acids is 2. The highest BCUT2D eigenvalue weighted by Crippen LogP contribution is 2.35. The van der Waals surface area contributed by atoms with Crippen LogP contribution in [0, 0.1) is 6.92 Å². The van der Waals surface area contributed by atoms with Crippen LogP contribution in [-0.4, -0.2) is 22.6 Å². The fourth-order valence-electron chi connectivity index (χ4n) is 3.19. The quantitative estimate of drug-likeness (QED) is 0.292. The number of aryl methyl sites for hydroxylation is 1. The van der Waals surface area contributed by atoms with Crippen molar-refractivity contribution in [2.24, 2.45) is 0 Å². The predicted molar refractivity (Wildman–Crippen MR) is 130 cm³/mol. The van der Waals surface area contributed by atoms with Gasteiger partial charge < -0.3 is 10.6 Å². The lowest BCUT2D eigenvalue weighted by Crippen LogP contribution is -2.18. The molecule has 0 saturated heterocycles. The number of carbonyl (C=O) groups is 2. The summed E-state index contributed by atoms with van der Waals surface area (Å²) < 4.78 is 40.7. The normalized spacial score (nSPS) is 11.4. The number of nitrogens with one attached hydrogen (secondary N) is 2. The van der Waals surface area contributed by atoms with Crippen LogP contribution in [0.2, 0.25) is 0 Å². The largest absolute Gasteiger partial charge is 0.418 e. The third kappa shape index (κ3) is 5.75. The fourth-order valence-corrected chi connectivity index (χ4v) is 5.09. The van der Waals surface area contributed by atoms with Gasteiger partial charge in [-0.05, 0) is 49.4 Å². The molecule has 0 aliphatic rings. The number of alkyl halides is 3. The molecule has 5 nitrogen and oxygen atoms in total. The average molecular weight is 502 g/mol. The maximum absolute atomic E-state index is 13.1. The highest BCUT2D eigenvalue weighted by Gasteiger charge is 2.33. The van der Waals surface area contributed by atoms with Crippen LogP contribution in [0.1, 0.15) is 21.5 Å². The van der Waals surface area contributed by atoms with Gasteiger partial charge in [0.2, 0.25) is 5.91 Å². The number of anilines is 2. The van der Waals surface area contributed by atoms with E-state index in [9.17, 15) is 22.8 Å². The van der Waals surface area contributed by atoms with Gasteiger partial charge in [0.05, 0.1) is 27.2 Å². The molecule has 0 atom stereocenters. The van der Waals surface area contributed by atoms with Crippen molar-refractivity contribution >= 4 is 56.5 Å². The van der Waals surface area contributed by atoms with E-state index in [-0.39, 0.29) is 17.3 Å². The number of thiazole rings is 1. The second kappa shape index (κ2) is 9.86. The number of amides is 2. The molecule has 0 aliphatic heterocycles. The van der Waals surface area contributed by atoms with Crippen molar-refractivity contribution in [2.75, 3.05) is 16.4 Å². The molecule has 3 aromatic carbocycles. The summed E-state index contributed by atoms with van der Waals surface area (Å²) in [5.41, 5.74) is 1.67. The van der Waals surface area contributed by atoms with Crippen LogP contribution in [0.3, 0.4) is 0 Å². The van der Waals surface area contributed by atoms with Gasteiger partial charge in [-0.1, -0.05) is 41.6 Å². The third-order valence-corrected chi connectivity index (χ3v) is 6.90. The van der Waals surface area contributed by atoms with Gasteiger partial charge in [0.15, 0.2) is 4.34 Å². The molecule has 34 heavy (non-hydrogen) atoms. The monoisotopic (exact) mass is 501 g/mol. The Kier molecular flexibility index (Phi) is 6.90. The molecule has 4 rings (SSSR count). The van der Waals surface area contributed by atoms with Gasteiger partial charge in [-0.25, -0.2) is 4.98 Å². The van der Waals surface area contributed by atoms with Gasteiger partial charge in [-0.2, -0.15) is 13.2 Å². The van der Waals surface area contributed by atoms with Crippen molar-refractivity contribution in [3.05, 3.63) is 83.4 Å². The zero-order valence-corrected chi connectivity index (χ0v) is 19.4. The van der Waals surface area contributed by atoms with Crippen LogP contribution < -0.4 is 10.6 Å². The number of rotatable bonds is 6. The van der Waals surface area contributed by atoms with Gasteiger partial charge >= 0.3 is 6.18 Å². The first-order valence-corrected chi connectivity index (χ1v) is 11.9. The molecule has 0 unspecified atom stereocenters. The predicted octanol–water partition coefficient (Wildman–Crippen LogP) is 6.61. The van der Waals surface area contributed by atoms with E-state index in [1.807, 2.05) is 19.1 Å². The topological polar surface area (TPSA) is 71.1 Å². The maximum Gasteiger partial charge on any atom is 0.418 e. The number of halogens is 3. The summed E-state index contributed by atoms with van der Waals surface area (Å²) >= 11 is 2.46. The Morgan fingerprint density at radius 2 is 1.79 bits per heavy atom. The molecule has 0 bridgehead atoms. The molecule has 2 N–H and O–H groups in total. The number of aromatic nitrogens is 1. The molecule has 10 heteroatoms. The van der Waals surface area contributed by atoms with Gasteiger partial charge in [0.1, 0.15) is 0 Å². The van der Waals surface area contributed by atoms with E-state index in [0.29, 0.717) is 21.1 Å². The Morgan fingerprint density at radius 1 is 1.00 bits per heavy atom. The van der Waals surface area contributed by atoms with Gasteiger partial charge in [-0.15, -0.1) is 11.3 Å². The van der Waals surface area contributed by atoms with E-state index < -0.39 is 17.6 Å². The molecular weight excluding hydrogens is 483 g/mol. The number of benzene rings is 3. The minimum absolute atomic E-state index is 0.0943. The number of nitrogens with zero attached hydrogens (tertiary/aromatic N) is 1. The molecule has 0 spiro atoms. The Morgan fingerprint density at radius 3 is 2.56 bits per heavy atom. The lowest BCUT2D eigenvalue weighted by molar-refractivity contribution is -0.137. The summed E-state index contributed by atoms with van der Waals surface area (Å²) in [6.45, 7) is 1.91. The molecule has 174 valence electrons. The first-order valence-electron chi connectivity index (χ1n) is 10.1. The third-order valence-electron chi connectivity index (χ3n) is 4.74. The fraction of sp³-hybridized carbons (Fsp3) is 0.125. The Hall–Kier alpha value is -3.37. The molecular formula is C24H18F3N3O2S2. The number of thioether (sulfide) groups is 1. The first-order chi connectivity index (χ1) is 16.2. The summed E-state index contributed by atoms with van der Waals surface area (Å²) in [6.07, 6.45) is -4.56. The lowest BCUT2D eigenvalue weighted by Gasteiger charge is -2.13. The molecule has 0 aliphatic carbocycles. The highest BCUT2D eigenvalue weighted by atomic mass is 32.2. The Labute approximate surface area is 201 Å². The Balaban J connectivity index is 1.40. The zero-order valence-electron chi connectivity index (χ0n) is 17.8. The maximum atomic E-state index is 13.1. The van der Waals surface area contributed by atoms with Crippen LogP contribution in [0.4, 0.5) is 24.5 Å². The average Bonchev–Trinajstić information content (AvgIpc) is 3.19. The molecule has 0 saturated carbocycles. The molecule has 1 heterocycles. The summed E-state index contributed by atoms with van der Waals surface area (Å²) in [4.78, 5) is 29.2. The molecule has 1 aromatic heterocycles. The number of hydrogen-bond acceptors (Lipinski definition) is 5. The molecule has 0 fully saturated rings. The number of fused-ring (bicyclic) bond motifs is 1. The van der Waals surface area contributed by atoms with Crippen molar-refractivity contribution < 1.29 is 22.8 Å². The zero-order chi connectivity index (χ0) is 24.3. The SMILES string of the molecule is Cc1cccc(C(=O)Nc2ccc3nc(SCC(=O)Nc4ccccc4C(F)(F)F)sc3c2)c1. The number of para-hydroxylation sites is 1. The molecule has 4 aromatic rings. The highest BCUT2D eigenvalue weighted by molar-refractivity contribution is 8.01. The van der Waals surface area contributed by atoms with Crippen LogP contribution in [-0.2, 0) is 11.0 Å². The Bertz CT molecular complexity index is 1370. The standard InChI is InChI=1S/C24H18F3N3O2S2/c1-14-5-4-6-15(11-14)22(32)28-16-9-10-19-20(12-16)34-23(30-19)33-13-21(31)29-18-8-3-2-7-17(18)24(25,26)27/h2-12H,13H2,1H3,(H,28,32)(H,29,31). The van der Waals surface area contributed by atoms with E-state index in [1.165, 1.54) is 29.5 Å².